The van der Waals surface area contributed by atoms with Gasteiger partial charge in [0, 0.05) is 11.1 Å². The van der Waals surface area contributed by atoms with Crippen LogP contribution in [0, 0.1) is 6.92 Å². The molecule has 4 nitrogen and oxygen atoms in total. The zero-order chi connectivity index (χ0) is 14.7. The zero-order valence-electron chi connectivity index (χ0n) is 10.8. The second-order valence-electron chi connectivity index (χ2n) is 4.32. The molecule has 0 spiro atoms. The topological polar surface area (TPSA) is 66.8 Å². The largest absolute Gasteiger partial charge is 0.508 e. The molecule has 2 N–H and O–H groups in total. The van der Waals surface area contributed by atoms with Crippen LogP contribution in [0.3, 0.4) is 0 Å². The number of ketones is 1. The van der Waals surface area contributed by atoms with Crippen LogP contribution >= 0.6 is 11.6 Å². The fourth-order valence-electron chi connectivity index (χ4n) is 1.75. The lowest BCUT2D eigenvalue weighted by molar-refractivity contribution is 0.0918. The van der Waals surface area contributed by atoms with Crippen LogP contribution in [0.4, 0.5) is 0 Å². The SMILES string of the molecule is Cc1cc(Cl)ccc1OCC(=O)c1ccc(O)cc1O. The summed E-state index contributed by atoms with van der Waals surface area (Å²) in [5.41, 5.74) is 0.926. The maximum atomic E-state index is 11.9. The molecule has 2 rings (SSSR count). The van der Waals surface area contributed by atoms with Crippen LogP contribution in [0.15, 0.2) is 36.4 Å². The molecule has 0 aliphatic rings. The van der Waals surface area contributed by atoms with Gasteiger partial charge in [-0.25, -0.2) is 0 Å². The Morgan fingerprint density at radius 2 is 1.95 bits per heavy atom. The number of phenolic OH excluding ortho intramolecular Hbond substituents is 2. The molecule has 0 saturated carbocycles. The third-order valence-electron chi connectivity index (χ3n) is 2.78. The quantitative estimate of drug-likeness (QED) is 0.848. The second kappa shape index (κ2) is 5.84. The predicted molar refractivity (Wildman–Crippen MR) is 75.8 cm³/mol. The van der Waals surface area contributed by atoms with Gasteiger partial charge in [0.1, 0.15) is 17.2 Å². The highest BCUT2D eigenvalue weighted by atomic mass is 35.5. The van der Waals surface area contributed by atoms with Crippen molar-refractivity contribution in [3.05, 3.63) is 52.5 Å². The first-order chi connectivity index (χ1) is 9.47. The lowest BCUT2D eigenvalue weighted by atomic mass is 10.1. The molecule has 0 aromatic heterocycles. The van der Waals surface area contributed by atoms with Crippen LogP contribution in [0.1, 0.15) is 15.9 Å². The van der Waals surface area contributed by atoms with Crippen molar-refractivity contribution in [2.24, 2.45) is 0 Å². The van der Waals surface area contributed by atoms with Gasteiger partial charge in [0.05, 0.1) is 5.56 Å². The molecular formula is C15H13ClO4. The van der Waals surface area contributed by atoms with E-state index in [1.165, 1.54) is 12.1 Å². The van der Waals surface area contributed by atoms with Gasteiger partial charge < -0.3 is 14.9 Å². The predicted octanol–water partition coefficient (Wildman–Crippen LogP) is 3.32. The number of rotatable bonds is 4. The van der Waals surface area contributed by atoms with Crippen LogP contribution < -0.4 is 4.74 Å². The average Bonchev–Trinajstić information content (AvgIpc) is 2.37. The molecule has 2 aromatic rings. The van der Waals surface area contributed by atoms with Crippen molar-refractivity contribution >= 4 is 17.4 Å². The van der Waals surface area contributed by atoms with Gasteiger partial charge in [0.25, 0.3) is 0 Å². The zero-order valence-corrected chi connectivity index (χ0v) is 11.5. The summed E-state index contributed by atoms with van der Waals surface area (Å²) < 4.78 is 5.41. The molecule has 20 heavy (non-hydrogen) atoms. The number of aromatic hydroxyl groups is 2. The van der Waals surface area contributed by atoms with Crippen molar-refractivity contribution in [1.82, 2.24) is 0 Å². The summed E-state index contributed by atoms with van der Waals surface area (Å²) in [7, 11) is 0. The van der Waals surface area contributed by atoms with Gasteiger partial charge in [0.15, 0.2) is 6.61 Å². The van der Waals surface area contributed by atoms with Gasteiger partial charge in [-0.1, -0.05) is 11.6 Å². The number of benzene rings is 2. The molecule has 0 fully saturated rings. The van der Waals surface area contributed by atoms with Crippen LogP contribution in [0.5, 0.6) is 17.2 Å². The van der Waals surface area contributed by atoms with Crippen molar-refractivity contribution in [1.29, 1.82) is 0 Å². The Bertz CT molecular complexity index is 652. The molecular weight excluding hydrogens is 280 g/mol. The summed E-state index contributed by atoms with van der Waals surface area (Å²) in [6.07, 6.45) is 0. The van der Waals surface area contributed by atoms with E-state index in [0.717, 1.165) is 11.6 Å². The molecule has 5 heteroatoms. The highest BCUT2D eigenvalue weighted by Crippen LogP contribution is 2.24. The molecule has 0 unspecified atom stereocenters. The van der Waals surface area contributed by atoms with E-state index in [2.05, 4.69) is 0 Å². The van der Waals surface area contributed by atoms with E-state index in [9.17, 15) is 15.0 Å². The third kappa shape index (κ3) is 3.22. The van der Waals surface area contributed by atoms with Crippen molar-refractivity contribution in [2.75, 3.05) is 6.61 Å². The number of hydrogen-bond acceptors (Lipinski definition) is 4. The normalized spacial score (nSPS) is 10.3. The Hall–Kier alpha value is -2.20. The molecule has 2 aromatic carbocycles. The highest BCUT2D eigenvalue weighted by molar-refractivity contribution is 6.30. The fourth-order valence-corrected chi connectivity index (χ4v) is 1.98. The van der Waals surface area contributed by atoms with Crippen molar-refractivity contribution in [3.8, 4) is 17.2 Å². The maximum absolute atomic E-state index is 11.9. The number of Topliss-reactive ketones (excluding diaryl/α,β-unsaturated/α-hetero) is 1. The number of ether oxygens (including phenoxy) is 1. The number of phenols is 2. The Labute approximate surface area is 121 Å². The minimum atomic E-state index is -0.378. The maximum Gasteiger partial charge on any atom is 0.203 e. The average molecular weight is 293 g/mol. The smallest absolute Gasteiger partial charge is 0.203 e. The van der Waals surface area contributed by atoms with Crippen LogP contribution in [-0.2, 0) is 0 Å². The van der Waals surface area contributed by atoms with E-state index in [0.29, 0.717) is 10.8 Å². The number of halogens is 1. The van der Waals surface area contributed by atoms with E-state index in [1.54, 1.807) is 18.2 Å². The summed E-state index contributed by atoms with van der Waals surface area (Å²) in [5.74, 6) is -0.196. The first-order valence-corrected chi connectivity index (χ1v) is 6.29. The Morgan fingerprint density at radius 3 is 2.60 bits per heavy atom. The van der Waals surface area contributed by atoms with Crippen LogP contribution in [-0.4, -0.2) is 22.6 Å². The minimum absolute atomic E-state index is 0.103. The van der Waals surface area contributed by atoms with E-state index in [-0.39, 0.29) is 29.5 Å². The van der Waals surface area contributed by atoms with Gasteiger partial charge in [-0.3, -0.25) is 4.79 Å². The lowest BCUT2D eigenvalue weighted by Crippen LogP contribution is -2.12. The van der Waals surface area contributed by atoms with Crippen molar-refractivity contribution in [2.45, 2.75) is 6.92 Å². The van der Waals surface area contributed by atoms with Crippen molar-refractivity contribution in [3.63, 3.8) is 0 Å². The van der Waals surface area contributed by atoms with Crippen molar-refractivity contribution < 1.29 is 19.7 Å². The molecule has 0 heterocycles. The number of carbonyl (C=O) groups is 1. The molecule has 0 aliphatic carbocycles. The summed E-state index contributed by atoms with van der Waals surface area (Å²) >= 11 is 5.83. The van der Waals surface area contributed by atoms with E-state index >= 15 is 0 Å². The van der Waals surface area contributed by atoms with Gasteiger partial charge in [-0.15, -0.1) is 0 Å². The van der Waals surface area contributed by atoms with Gasteiger partial charge in [0.2, 0.25) is 5.78 Å². The summed E-state index contributed by atoms with van der Waals surface area (Å²) in [5, 5.41) is 19.4. The minimum Gasteiger partial charge on any atom is -0.508 e. The number of aryl methyl sites for hydroxylation is 1. The first-order valence-electron chi connectivity index (χ1n) is 5.91. The third-order valence-corrected chi connectivity index (χ3v) is 3.01. The molecule has 0 saturated heterocycles. The molecule has 0 bridgehead atoms. The molecule has 0 amide bonds. The summed E-state index contributed by atoms with van der Waals surface area (Å²) in [4.78, 5) is 11.9. The molecule has 104 valence electrons. The number of carbonyl (C=O) groups excluding carboxylic acids is 1. The lowest BCUT2D eigenvalue weighted by Gasteiger charge is -2.09. The highest BCUT2D eigenvalue weighted by Gasteiger charge is 2.13. The Balaban J connectivity index is 2.08. The first kappa shape index (κ1) is 14.2. The standard InChI is InChI=1S/C15H13ClO4/c1-9-6-10(16)2-5-15(9)20-8-14(19)12-4-3-11(17)7-13(12)18/h2-7,17-18H,8H2,1H3. The van der Waals surface area contributed by atoms with Crippen LogP contribution in [0.25, 0.3) is 0 Å². The molecule has 0 radical (unpaired) electrons. The van der Waals surface area contributed by atoms with Gasteiger partial charge >= 0.3 is 0 Å². The van der Waals surface area contributed by atoms with E-state index in [1.807, 2.05) is 6.92 Å². The molecule has 0 atom stereocenters. The van der Waals surface area contributed by atoms with E-state index in [4.69, 9.17) is 16.3 Å². The molecule has 0 aliphatic heterocycles. The Kier molecular flexibility index (Phi) is 4.15. The van der Waals surface area contributed by atoms with Gasteiger partial charge in [-0.05, 0) is 42.8 Å². The van der Waals surface area contributed by atoms with Crippen LogP contribution in [0.2, 0.25) is 5.02 Å². The Morgan fingerprint density at radius 1 is 1.20 bits per heavy atom. The second-order valence-corrected chi connectivity index (χ2v) is 4.76. The van der Waals surface area contributed by atoms with Gasteiger partial charge in [-0.2, -0.15) is 0 Å². The number of hydrogen-bond donors (Lipinski definition) is 2. The summed E-state index contributed by atoms with van der Waals surface area (Å²) in [6.45, 7) is 1.62. The van der Waals surface area contributed by atoms with E-state index < -0.39 is 0 Å². The summed E-state index contributed by atoms with van der Waals surface area (Å²) in [6, 6.07) is 8.89. The fraction of sp³-hybridized carbons (Fsp3) is 0.133. The monoisotopic (exact) mass is 292 g/mol.